The van der Waals surface area contributed by atoms with E-state index in [9.17, 15) is 67.1 Å². The summed E-state index contributed by atoms with van der Waals surface area (Å²) in [7, 11) is 0. The van der Waals surface area contributed by atoms with Crippen molar-refractivity contribution in [2.24, 2.45) is 47.0 Å². The zero-order chi connectivity index (χ0) is 98.0. The largest absolute Gasteiger partial charge is 0.461 e. The van der Waals surface area contributed by atoms with Gasteiger partial charge in [-0.15, -0.1) is 0 Å². The predicted octanol–water partition coefficient (Wildman–Crippen LogP) is 11.3. The Kier molecular flexibility index (Phi) is 49.6. The van der Waals surface area contributed by atoms with Gasteiger partial charge in [0.15, 0.2) is 0 Å². The van der Waals surface area contributed by atoms with Crippen LogP contribution >= 0.6 is 0 Å². The molecule has 0 aromatic heterocycles. The number of esters is 8. The molecule has 0 spiro atoms. The van der Waals surface area contributed by atoms with E-state index in [2.05, 4.69) is 16.0 Å². The molecule has 11 N–H and O–H groups in total. The second-order valence-electron chi connectivity index (χ2n) is 33.1. The van der Waals surface area contributed by atoms with E-state index in [1.165, 1.54) is 0 Å². The van der Waals surface area contributed by atoms with E-state index < -0.39 is 119 Å². The van der Waals surface area contributed by atoms with Crippen LogP contribution in [-0.4, -0.2) is 155 Å². The first kappa shape index (κ1) is 108. The van der Waals surface area contributed by atoms with Gasteiger partial charge in [-0.3, -0.25) is 87.2 Å². The molecule has 0 saturated carbocycles. The van der Waals surface area contributed by atoms with E-state index in [1.54, 1.807) is 121 Å². The number of carbonyl (C=O) groups excluding carboxylic acids is 14. The van der Waals surface area contributed by atoms with Crippen molar-refractivity contribution in [3.8, 4) is 0 Å². The Labute approximate surface area is 799 Å². The molecule has 6 unspecified atom stereocenters. The molecule has 732 valence electrons. The fourth-order valence-electron chi connectivity index (χ4n) is 14.6. The molecule has 8 rings (SSSR count). The third-order valence-electron chi connectivity index (χ3n) is 22.5. The van der Waals surface area contributed by atoms with Crippen LogP contribution in [0.3, 0.4) is 0 Å². The first-order valence-electron chi connectivity index (χ1n) is 46.7. The summed E-state index contributed by atoms with van der Waals surface area (Å²) in [5.41, 5.74) is 5.72. The molecular weight excluding hydrogens is 1760 g/mol. The molecule has 137 heavy (non-hydrogen) atoms. The predicted molar refractivity (Wildman–Crippen MR) is 506 cm³/mol. The quantitative estimate of drug-likeness (QED) is 0.00354. The van der Waals surface area contributed by atoms with Crippen LogP contribution < -0.4 is 39.3 Å². The molecule has 6 atom stereocenters. The van der Waals surface area contributed by atoms with Crippen LogP contribution in [0.25, 0.3) is 0 Å². The van der Waals surface area contributed by atoms with E-state index in [4.69, 9.17) is 61.3 Å². The van der Waals surface area contributed by atoms with Crippen molar-refractivity contribution in [2.75, 3.05) is 39.3 Å². The fraction of sp³-hybridized carbons (Fsp3) is 0.404. The molecule has 0 heterocycles. The zero-order valence-electron chi connectivity index (χ0n) is 77.6. The van der Waals surface area contributed by atoms with Crippen LogP contribution in [0.1, 0.15) is 186 Å². The number of ether oxygens (including phenoxy) is 8. The van der Waals surface area contributed by atoms with E-state index in [-0.39, 0.29) is 233 Å². The zero-order valence-corrected chi connectivity index (χ0v) is 77.6. The Hall–Kier alpha value is -13.9. The number of rotatable bonds is 64. The molecule has 0 aliphatic carbocycles. The molecule has 8 aromatic carbocycles. The fourth-order valence-corrected chi connectivity index (χ4v) is 14.6. The van der Waals surface area contributed by atoms with Crippen molar-refractivity contribution in [2.45, 2.75) is 206 Å². The van der Waals surface area contributed by atoms with Gasteiger partial charge >= 0.3 is 47.8 Å². The lowest BCUT2D eigenvalue weighted by molar-refractivity contribution is -0.161. The first-order chi connectivity index (χ1) is 66.5. The number of carbonyl (C=O) groups is 14. The van der Waals surface area contributed by atoms with Crippen molar-refractivity contribution < 1.29 is 105 Å². The Balaban J connectivity index is 0.947. The lowest BCUT2D eigenvalue weighted by Crippen LogP contribution is -2.56. The highest BCUT2D eigenvalue weighted by molar-refractivity contribution is 6.01. The number of benzene rings is 8. The Morgan fingerprint density at radius 2 is 0.431 bits per heavy atom. The SMILES string of the molecule is NN(CCCCC(C(=O)NCCNCCNC(=O)C(CCCCN(N)C(=O)C(CCCCC(=O)OCc1ccccc1)C(=O)OCc1ccccc1)N(N)C(=O)C(CCCCC(=O)OCc1ccccc1)C(=O)OCc1ccccc1)N(N)C(=O)C(CCCCC(=O)OCc1ccccc1)C(=O)OCc1ccccc1)C(=O)C(CCCCC(=O)OCc1ccccc1)C(=O)OCc1ccccc1. The van der Waals surface area contributed by atoms with Gasteiger partial charge in [0.1, 0.15) is 88.6 Å². The summed E-state index contributed by atoms with van der Waals surface area (Å²) in [6.45, 7) is -1.03. The van der Waals surface area contributed by atoms with Crippen molar-refractivity contribution in [1.82, 2.24) is 36.0 Å². The maximum atomic E-state index is 14.9. The summed E-state index contributed by atoms with van der Waals surface area (Å²) in [4.78, 5) is 195. The minimum atomic E-state index is -1.58. The van der Waals surface area contributed by atoms with Gasteiger partial charge in [-0.05, 0) is 134 Å². The van der Waals surface area contributed by atoms with Crippen molar-refractivity contribution in [1.29, 1.82) is 0 Å². The van der Waals surface area contributed by atoms with Gasteiger partial charge in [-0.25, -0.2) is 23.4 Å². The second kappa shape index (κ2) is 62.7. The average molecular weight is 1890 g/mol. The average Bonchev–Trinajstić information content (AvgIpc) is 0.840. The summed E-state index contributed by atoms with van der Waals surface area (Å²) < 4.78 is 44.6. The molecule has 6 amide bonds. The smallest absolute Gasteiger partial charge is 0.318 e. The molecule has 0 radical (unpaired) electrons. The van der Waals surface area contributed by atoms with Gasteiger partial charge in [0.05, 0.1) is 0 Å². The van der Waals surface area contributed by atoms with E-state index in [0.717, 1.165) is 32.3 Å². The standard InChI is InChI=1S/C104H129N11O22/c105-112(97(122)85(101(126)134-73-81-45-17-5-18-46-81)53-25-29-59-91(116)130-69-77-37-9-1-10-38-77)67-35-33-57-89(114(107)99(124)87(103(128)136-75-83-49-21-7-22-50-83)55-27-31-61-93(118)132-71-79-41-13-3-14-42-79)95(120)110-65-63-109-64-66-111-96(121)90(115(108)100(125)88(104(129)137-76-84-51-23-8-24-52-84)56-28-32-62-94(119)133-72-80-43-15-4-16-44-80)58-34-36-68-113(106)98(123)86(102(127)135-74-82-47-19-6-20-48-82)54-26-30-60-92(117)131-70-78-39-11-2-12-40-78/h1-24,37-52,85-90,109H,25-36,53-76,105-108H2,(H,110,120)(H,111,121). The van der Waals surface area contributed by atoms with Crippen molar-refractivity contribution in [3.05, 3.63) is 287 Å². The van der Waals surface area contributed by atoms with Gasteiger partial charge in [0, 0.05) is 65.0 Å². The maximum Gasteiger partial charge on any atom is 0.318 e. The van der Waals surface area contributed by atoms with Crippen LogP contribution in [0, 0.1) is 23.7 Å². The summed E-state index contributed by atoms with van der Waals surface area (Å²) >= 11 is 0. The highest BCUT2D eigenvalue weighted by Crippen LogP contribution is 2.26. The Morgan fingerprint density at radius 1 is 0.234 bits per heavy atom. The number of nitrogens with zero attached hydrogens (tertiary/aromatic N) is 4. The maximum absolute atomic E-state index is 14.9. The Bertz CT molecular complexity index is 4700. The normalized spacial score (nSPS) is 12.2. The number of amides is 6. The van der Waals surface area contributed by atoms with Gasteiger partial charge < -0.3 is 53.8 Å². The van der Waals surface area contributed by atoms with Crippen LogP contribution in [0.15, 0.2) is 243 Å². The molecule has 33 nitrogen and oxygen atoms in total. The highest BCUT2D eigenvalue weighted by atomic mass is 16.6. The lowest BCUT2D eigenvalue weighted by Gasteiger charge is -2.30. The molecule has 0 bridgehead atoms. The monoisotopic (exact) mass is 1880 g/mol. The lowest BCUT2D eigenvalue weighted by atomic mass is 9.98. The number of hydrazine groups is 4. The number of hydrogen-bond donors (Lipinski definition) is 7. The van der Waals surface area contributed by atoms with Crippen LogP contribution in [0.5, 0.6) is 0 Å². The van der Waals surface area contributed by atoms with Crippen LogP contribution in [0.2, 0.25) is 0 Å². The molecule has 0 aliphatic heterocycles. The molecule has 0 aliphatic rings. The number of hydrogen-bond acceptors (Lipinski definition) is 27. The third kappa shape index (κ3) is 41.5. The Morgan fingerprint density at radius 3 is 0.650 bits per heavy atom. The van der Waals surface area contributed by atoms with Crippen molar-refractivity contribution >= 4 is 83.2 Å². The summed E-state index contributed by atoms with van der Waals surface area (Å²) in [6, 6.07) is 68.6. The molecule has 0 fully saturated rings. The molecule has 33 heteroatoms. The summed E-state index contributed by atoms with van der Waals surface area (Å²) in [5.74, 6) is 9.94. The summed E-state index contributed by atoms with van der Waals surface area (Å²) in [5, 5.41) is 11.8. The second-order valence-corrected chi connectivity index (χ2v) is 33.1. The number of nitrogens with one attached hydrogen (secondary N) is 3. The minimum absolute atomic E-state index is 0.00970. The van der Waals surface area contributed by atoms with Gasteiger partial charge in [0.25, 0.3) is 23.6 Å². The minimum Gasteiger partial charge on any atom is -0.461 e. The van der Waals surface area contributed by atoms with Gasteiger partial charge in [-0.1, -0.05) is 268 Å². The van der Waals surface area contributed by atoms with Crippen molar-refractivity contribution in [3.63, 3.8) is 0 Å². The number of nitrogens with two attached hydrogens (primary N) is 4. The third-order valence-corrected chi connectivity index (χ3v) is 22.5. The molecule has 0 saturated heterocycles. The van der Waals surface area contributed by atoms with Crippen LogP contribution in [0.4, 0.5) is 0 Å². The van der Waals surface area contributed by atoms with E-state index in [0.29, 0.717) is 32.3 Å². The van der Waals surface area contributed by atoms with E-state index in [1.807, 2.05) is 121 Å². The first-order valence-corrected chi connectivity index (χ1v) is 46.7. The van der Waals surface area contributed by atoms with Crippen LogP contribution in [-0.2, 0) is 158 Å². The van der Waals surface area contributed by atoms with Gasteiger partial charge in [0.2, 0.25) is 11.8 Å². The topological polar surface area (TPSA) is 466 Å². The number of unbranched alkanes of at least 4 members (excludes halogenated alkanes) is 6. The van der Waals surface area contributed by atoms with E-state index >= 15 is 0 Å². The van der Waals surface area contributed by atoms with Gasteiger partial charge in [-0.2, -0.15) is 0 Å². The molecule has 8 aromatic rings. The highest BCUT2D eigenvalue weighted by Gasteiger charge is 2.40. The summed E-state index contributed by atoms with van der Waals surface area (Å²) in [6.07, 6.45) is 1.19. The molecular formula is C104H129N11O22.